The monoisotopic (exact) mass is 1070 g/mol. The molecule has 1 amide bonds. The molecule has 25 nitrogen and oxygen atoms in total. The number of methoxy groups -OCH3 is 2. The van der Waals surface area contributed by atoms with E-state index in [0.29, 0.717) is 36.3 Å². The SMILES string of the molecule is CC(C)Nc1nc(C(=O)O)co1.CCOC(=O)c1coc(N)n1.CCOC(=O)c1coc(NC(C)C)n1.COc1ccc(C(C)=O)c(N)c1Cl.COc1ccc(C(C)=O)c(NC(=O)c2coc(NC(C)C)n2)c1Cl. The van der Waals surface area contributed by atoms with E-state index in [-0.39, 0.29) is 97.5 Å². The van der Waals surface area contributed by atoms with Gasteiger partial charge in [0.25, 0.3) is 30.0 Å². The van der Waals surface area contributed by atoms with Gasteiger partial charge in [-0.15, -0.1) is 0 Å². The second-order valence-electron chi connectivity index (χ2n) is 15.4. The number of aromatic nitrogens is 4. The zero-order chi connectivity index (χ0) is 55.8. The highest BCUT2D eigenvalue weighted by atomic mass is 35.5. The highest BCUT2D eigenvalue weighted by molar-refractivity contribution is 6.36. The van der Waals surface area contributed by atoms with Gasteiger partial charge in [0.2, 0.25) is 0 Å². The fourth-order valence-electron chi connectivity index (χ4n) is 5.19. The standard InChI is InChI=1S/C16H18ClN3O4.C9H10ClNO2.C9H14N2O3.C7H10N2O3.C6H8N2O3/c1-8(2)18-16-19-11(7-24-16)15(22)20-14-10(9(3)21)5-6-12(23-4)13(14)17;1-5(12)6-3-4-7(13-2)8(10)9(6)11;1-4-13-8(12)7-5-14-9(11-7)10-6(2)3;1-4(2)8-7-9-5(3-12-7)6(10)11;1-2-10-5(9)4-3-11-6(7)8-4/h5-8H,1-4H3,(H,18,19)(H,20,22);3-4H,11H2,1-2H3;5-6H,4H2,1-3H3,(H,10,11);3-4H,1-2H3,(H,8,9)(H,10,11);3H,2H2,1H3,(H2,7,8). The van der Waals surface area contributed by atoms with Crippen molar-refractivity contribution < 1.29 is 70.5 Å². The molecule has 9 N–H and O–H groups in total. The van der Waals surface area contributed by atoms with Gasteiger partial charge in [-0.3, -0.25) is 14.4 Å². The number of carboxylic acids is 1. The summed E-state index contributed by atoms with van der Waals surface area (Å²) in [6.45, 7) is 18.5. The summed E-state index contributed by atoms with van der Waals surface area (Å²) in [6, 6.07) is 7.59. The van der Waals surface area contributed by atoms with Crippen molar-refractivity contribution in [1.82, 2.24) is 19.9 Å². The van der Waals surface area contributed by atoms with E-state index in [9.17, 15) is 28.8 Å². The summed E-state index contributed by atoms with van der Waals surface area (Å²) in [5.41, 5.74) is 12.2. The van der Waals surface area contributed by atoms with Crippen molar-refractivity contribution in [3.05, 3.63) is 93.3 Å². The number of halogens is 2. The molecule has 27 heteroatoms. The molecule has 402 valence electrons. The van der Waals surface area contributed by atoms with Gasteiger partial charge in [0.1, 0.15) is 46.6 Å². The molecule has 4 heterocycles. The highest BCUT2D eigenvalue weighted by Gasteiger charge is 2.21. The Labute approximate surface area is 435 Å². The molecule has 0 radical (unpaired) electrons. The number of hydrogen-bond acceptors (Lipinski definition) is 23. The number of carbonyl (C=O) groups excluding carboxylic acids is 5. The number of aromatic carboxylic acids is 1. The van der Waals surface area contributed by atoms with Crippen LogP contribution in [0.15, 0.2) is 67.0 Å². The summed E-state index contributed by atoms with van der Waals surface area (Å²) in [6.07, 6.45) is 4.77. The lowest BCUT2D eigenvalue weighted by Crippen LogP contribution is -2.16. The van der Waals surface area contributed by atoms with Crippen LogP contribution >= 0.6 is 23.2 Å². The van der Waals surface area contributed by atoms with E-state index in [1.54, 1.807) is 32.0 Å². The second-order valence-corrected chi connectivity index (χ2v) is 16.2. The Morgan fingerprint density at radius 2 is 0.986 bits per heavy atom. The van der Waals surface area contributed by atoms with Crippen LogP contribution in [-0.2, 0) is 9.47 Å². The van der Waals surface area contributed by atoms with Gasteiger partial charge in [-0.2, -0.15) is 19.9 Å². The van der Waals surface area contributed by atoms with Gasteiger partial charge < -0.3 is 74.5 Å². The summed E-state index contributed by atoms with van der Waals surface area (Å²) in [4.78, 5) is 82.8. The maximum atomic E-state index is 12.4. The predicted octanol–water partition coefficient (Wildman–Crippen LogP) is 9.04. The molecule has 0 saturated heterocycles. The molecule has 4 aromatic heterocycles. The minimum atomic E-state index is -1.09. The summed E-state index contributed by atoms with van der Waals surface area (Å²) in [5, 5.41) is 20.2. The van der Waals surface area contributed by atoms with Crippen LogP contribution in [0.25, 0.3) is 0 Å². The van der Waals surface area contributed by atoms with E-state index in [4.69, 9.17) is 67.2 Å². The van der Waals surface area contributed by atoms with Crippen LogP contribution < -0.4 is 42.2 Å². The molecule has 0 bridgehead atoms. The van der Waals surface area contributed by atoms with Crippen LogP contribution in [0.2, 0.25) is 10.0 Å². The van der Waals surface area contributed by atoms with E-state index >= 15 is 0 Å². The van der Waals surface area contributed by atoms with Crippen LogP contribution in [0, 0.1) is 0 Å². The molecular formula is C47H60Cl2N10O15. The number of ketones is 2. The number of carboxylic acid groups (broad SMARTS) is 1. The quantitative estimate of drug-likeness (QED) is 0.0254. The van der Waals surface area contributed by atoms with Gasteiger partial charge in [0.05, 0.1) is 38.8 Å². The van der Waals surface area contributed by atoms with E-state index in [0.717, 1.165) is 12.5 Å². The van der Waals surface area contributed by atoms with E-state index in [1.807, 2.05) is 41.5 Å². The molecule has 0 fully saturated rings. The second kappa shape index (κ2) is 30.5. The fourth-order valence-corrected chi connectivity index (χ4v) is 5.73. The first-order chi connectivity index (χ1) is 34.9. The lowest BCUT2D eigenvalue weighted by Gasteiger charge is -2.13. The number of hydrogen-bond donors (Lipinski definition) is 7. The molecule has 0 spiro atoms. The number of benzene rings is 2. The van der Waals surface area contributed by atoms with E-state index in [2.05, 4.69) is 50.4 Å². The van der Waals surface area contributed by atoms with Gasteiger partial charge in [-0.1, -0.05) is 23.2 Å². The number of oxazole rings is 4. The summed E-state index contributed by atoms with van der Waals surface area (Å²) in [7, 11) is 2.94. The normalized spacial score (nSPS) is 10.2. The molecule has 6 aromatic rings. The zero-order valence-electron chi connectivity index (χ0n) is 42.6. The molecule has 0 unspecified atom stereocenters. The average Bonchev–Trinajstić information content (AvgIpc) is 4.18. The number of anilines is 6. The lowest BCUT2D eigenvalue weighted by atomic mass is 10.1. The zero-order valence-corrected chi connectivity index (χ0v) is 44.1. The minimum Gasteiger partial charge on any atom is -0.495 e. The Hall–Kier alpha value is -8.32. The number of nitrogens with one attached hydrogen (secondary N) is 4. The van der Waals surface area contributed by atoms with Gasteiger partial charge >= 0.3 is 17.9 Å². The largest absolute Gasteiger partial charge is 0.495 e. The summed E-state index contributed by atoms with van der Waals surface area (Å²) in [5.74, 6) is -2.15. The van der Waals surface area contributed by atoms with Crippen LogP contribution in [0.4, 0.5) is 35.4 Å². The van der Waals surface area contributed by atoms with Crippen LogP contribution in [-0.4, -0.2) is 106 Å². The van der Waals surface area contributed by atoms with Gasteiger partial charge in [0.15, 0.2) is 34.3 Å². The number of carbonyl (C=O) groups is 6. The number of esters is 2. The van der Waals surface area contributed by atoms with E-state index < -0.39 is 23.8 Å². The molecular weight excluding hydrogens is 1020 g/mol. The maximum Gasteiger partial charge on any atom is 0.360 e. The molecule has 0 saturated carbocycles. The topological polar surface area (TPSA) is 364 Å². The number of nitrogens with two attached hydrogens (primary N) is 2. The molecule has 0 aliphatic carbocycles. The van der Waals surface area contributed by atoms with Crippen molar-refractivity contribution in [2.24, 2.45) is 0 Å². The smallest absolute Gasteiger partial charge is 0.360 e. The first kappa shape index (κ1) is 61.8. The Morgan fingerprint density at radius 1 is 0.595 bits per heavy atom. The van der Waals surface area contributed by atoms with Crippen molar-refractivity contribution in [2.75, 3.05) is 60.2 Å². The van der Waals surface area contributed by atoms with Crippen LogP contribution in [0.1, 0.15) is 132 Å². The fraction of sp³-hybridized carbons (Fsp3) is 0.362. The molecule has 0 atom stereocenters. The number of nitrogen functional groups attached to an aromatic ring is 2. The van der Waals surface area contributed by atoms with Crippen molar-refractivity contribution in [3.63, 3.8) is 0 Å². The van der Waals surface area contributed by atoms with Crippen molar-refractivity contribution in [3.8, 4) is 11.5 Å². The number of amides is 1. The van der Waals surface area contributed by atoms with Gasteiger partial charge in [-0.05, 0) is 93.5 Å². The number of nitrogens with zero attached hydrogens (tertiary/aromatic N) is 4. The summed E-state index contributed by atoms with van der Waals surface area (Å²) >= 11 is 12.1. The number of ether oxygens (including phenoxy) is 4. The molecule has 6 rings (SSSR count). The lowest BCUT2D eigenvalue weighted by molar-refractivity contribution is 0.0510. The Morgan fingerprint density at radius 3 is 1.38 bits per heavy atom. The van der Waals surface area contributed by atoms with Crippen molar-refractivity contribution in [1.29, 1.82) is 0 Å². The molecule has 74 heavy (non-hydrogen) atoms. The summed E-state index contributed by atoms with van der Waals surface area (Å²) < 4.78 is 39.1. The first-order valence-corrected chi connectivity index (χ1v) is 22.9. The van der Waals surface area contributed by atoms with Gasteiger partial charge in [-0.25, -0.2) is 14.4 Å². The average molecular weight is 1080 g/mol. The van der Waals surface area contributed by atoms with E-state index in [1.165, 1.54) is 46.7 Å². The third-order valence-corrected chi connectivity index (χ3v) is 9.14. The third kappa shape index (κ3) is 20.1. The Kier molecular flexibility index (Phi) is 25.5. The predicted molar refractivity (Wildman–Crippen MR) is 274 cm³/mol. The van der Waals surface area contributed by atoms with Crippen LogP contribution in [0.5, 0.6) is 11.5 Å². The van der Waals surface area contributed by atoms with Crippen molar-refractivity contribution in [2.45, 2.75) is 87.4 Å². The Balaban J connectivity index is 0.000000329. The molecule has 2 aromatic carbocycles. The van der Waals surface area contributed by atoms with Crippen LogP contribution in [0.3, 0.4) is 0 Å². The Bertz CT molecular complexity index is 2800. The number of Topliss-reactive ketones (excluding diaryl/α,β-unsaturated/α-hetero) is 2. The minimum absolute atomic E-state index is 0.0342. The molecule has 0 aliphatic rings. The number of rotatable bonds is 17. The maximum absolute atomic E-state index is 12.4. The first-order valence-electron chi connectivity index (χ1n) is 22.1. The highest BCUT2D eigenvalue weighted by Crippen LogP contribution is 2.36. The van der Waals surface area contributed by atoms with Crippen molar-refractivity contribution >= 4 is 94.0 Å². The third-order valence-electron chi connectivity index (χ3n) is 8.38. The van der Waals surface area contributed by atoms with Gasteiger partial charge in [0, 0.05) is 29.3 Å². The molecule has 0 aliphatic heterocycles.